The van der Waals surface area contributed by atoms with Crippen LogP contribution in [0.5, 0.6) is 5.75 Å². The maximum Gasteiger partial charge on any atom is 0.125 e. The van der Waals surface area contributed by atoms with Crippen LogP contribution in [-0.2, 0) is 0 Å². The van der Waals surface area contributed by atoms with Crippen LogP contribution in [-0.4, -0.2) is 11.2 Å². The molecule has 0 radical (unpaired) electrons. The summed E-state index contributed by atoms with van der Waals surface area (Å²) in [4.78, 5) is 0. The SMILES string of the molecule is CCC(C)C1C[C@@H](O)c2cc(C)ccc2O1. The third kappa shape index (κ3) is 2.07. The van der Waals surface area contributed by atoms with Crippen LogP contribution in [0.15, 0.2) is 18.2 Å². The highest BCUT2D eigenvalue weighted by Gasteiger charge is 2.29. The lowest BCUT2D eigenvalue weighted by molar-refractivity contribution is 0.0375. The second-order valence-corrected chi connectivity index (χ2v) is 4.83. The second kappa shape index (κ2) is 4.46. The fraction of sp³-hybridized carbons (Fsp3) is 0.571. The molecule has 0 fully saturated rings. The van der Waals surface area contributed by atoms with Gasteiger partial charge in [0.2, 0.25) is 0 Å². The monoisotopic (exact) mass is 220 g/mol. The largest absolute Gasteiger partial charge is 0.490 e. The number of benzene rings is 1. The van der Waals surface area contributed by atoms with E-state index in [1.165, 1.54) is 5.56 Å². The molecule has 1 N–H and O–H groups in total. The zero-order valence-corrected chi connectivity index (χ0v) is 10.2. The predicted octanol–water partition coefficient (Wildman–Crippen LogP) is 3.23. The Hall–Kier alpha value is -1.02. The fourth-order valence-electron chi connectivity index (χ4n) is 2.21. The van der Waals surface area contributed by atoms with Crippen molar-refractivity contribution in [3.63, 3.8) is 0 Å². The summed E-state index contributed by atoms with van der Waals surface area (Å²) in [5.41, 5.74) is 2.11. The summed E-state index contributed by atoms with van der Waals surface area (Å²) in [6.45, 7) is 6.37. The molecule has 3 atom stereocenters. The maximum absolute atomic E-state index is 10.1. The summed E-state index contributed by atoms with van der Waals surface area (Å²) in [6.07, 6.45) is 1.57. The van der Waals surface area contributed by atoms with E-state index in [0.717, 1.165) is 17.7 Å². The van der Waals surface area contributed by atoms with Gasteiger partial charge in [-0.3, -0.25) is 0 Å². The molecule has 2 nitrogen and oxygen atoms in total. The van der Waals surface area contributed by atoms with E-state index in [9.17, 15) is 5.11 Å². The van der Waals surface area contributed by atoms with Crippen LogP contribution < -0.4 is 4.74 Å². The molecule has 16 heavy (non-hydrogen) atoms. The third-order valence-corrected chi connectivity index (χ3v) is 3.54. The molecule has 0 aromatic heterocycles. The number of fused-ring (bicyclic) bond motifs is 1. The molecular weight excluding hydrogens is 200 g/mol. The van der Waals surface area contributed by atoms with Crippen LogP contribution in [0.4, 0.5) is 0 Å². The van der Waals surface area contributed by atoms with E-state index in [1.807, 2.05) is 25.1 Å². The standard InChI is InChI=1S/C14H20O2/c1-4-10(3)14-8-12(15)11-7-9(2)5-6-13(11)16-14/h5-7,10,12,14-15H,4,8H2,1-3H3/t10?,12-,14?/m1/s1. The molecule has 1 aliphatic heterocycles. The zero-order chi connectivity index (χ0) is 11.7. The Morgan fingerprint density at radius 3 is 2.94 bits per heavy atom. The van der Waals surface area contributed by atoms with Gasteiger partial charge in [-0.25, -0.2) is 0 Å². The average Bonchev–Trinajstić information content (AvgIpc) is 2.28. The molecule has 0 amide bonds. The van der Waals surface area contributed by atoms with Gasteiger partial charge in [-0.2, -0.15) is 0 Å². The number of ether oxygens (including phenoxy) is 1. The lowest BCUT2D eigenvalue weighted by Crippen LogP contribution is -2.31. The van der Waals surface area contributed by atoms with Crippen LogP contribution in [0, 0.1) is 12.8 Å². The Labute approximate surface area is 97.3 Å². The summed E-state index contributed by atoms with van der Waals surface area (Å²) in [7, 11) is 0. The third-order valence-electron chi connectivity index (χ3n) is 3.54. The lowest BCUT2D eigenvalue weighted by Gasteiger charge is -2.33. The topological polar surface area (TPSA) is 29.5 Å². The first kappa shape index (κ1) is 11.5. The Kier molecular flexibility index (Phi) is 3.20. The molecule has 0 aliphatic carbocycles. The minimum absolute atomic E-state index is 0.148. The van der Waals surface area contributed by atoms with E-state index < -0.39 is 0 Å². The van der Waals surface area contributed by atoms with Crippen molar-refractivity contribution in [3.05, 3.63) is 29.3 Å². The van der Waals surface area contributed by atoms with E-state index in [1.54, 1.807) is 0 Å². The quantitative estimate of drug-likeness (QED) is 0.829. The number of aryl methyl sites for hydroxylation is 1. The summed E-state index contributed by atoms with van der Waals surface area (Å²) < 4.78 is 5.95. The first-order valence-electron chi connectivity index (χ1n) is 6.07. The van der Waals surface area contributed by atoms with E-state index in [2.05, 4.69) is 13.8 Å². The second-order valence-electron chi connectivity index (χ2n) is 4.83. The number of aliphatic hydroxyl groups excluding tert-OH is 1. The van der Waals surface area contributed by atoms with Gasteiger partial charge in [-0.15, -0.1) is 0 Å². The van der Waals surface area contributed by atoms with Crippen LogP contribution in [0.1, 0.15) is 43.9 Å². The molecule has 0 saturated heterocycles. The number of hydrogen-bond acceptors (Lipinski definition) is 2. The highest BCUT2D eigenvalue weighted by Crippen LogP contribution is 2.37. The first-order chi connectivity index (χ1) is 7.61. The van der Waals surface area contributed by atoms with E-state index in [0.29, 0.717) is 12.3 Å². The number of rotatable bonds is 2. The van der Waals surface area contributed by atoms with Crippen molar-refractivity contribution in [1.29, 1.82) is 0 Å². The summed E-state index contributed by atoms with van der Waals surface area (Å²) in [5, 5.41) is 10.1. The van der Waals surface area contributed by atoms with Crippen molar-refractivity contribution >= 4 is 0 Å². The molecule has 1 aromatic carbocycles. The van der Waals surface area contributed by atoms with Crippen LogP contribution in [0.3, 0.4) is 0 Å². The van der Waals surface area contributed by atoms with Crippen LogP contribution >= 0.6 is 0 Å². The highest BCUT2D eigenvalue weighted by atomic mass is 16.5. The van der Waals surface area contributed by atoms with Gasteiger partial charge in [0.25, 0.3) is 0 Å². The Bertz CT molecular complexity index is 373. The van der Waals surface area contributed by atoms with Gasteiger partial charge in [-0.1, -0.05) is 31.9 Å². The van der Waals surface area contributed by atoms with Gasteiger partial charge in [0.1, 0.15) is 11.9 Å². The average molecular weight is 220 g/mol. The summed E-state index contributed by atoms with van der Waals surface area (Å²) >= 11 is 0. The molecule has 0 bridgehead atoms. The van der Waals surface area contributed by atoms with Crippen molar-refractivity contribution in [1.82, 2.24) is 0 Å². The number of aliphatic hydroxyl groups is 1. The van der Waals surface area contributed by atoms with Gasteiger partial charge >= 0.3 is 0 Å². The van der Waals surface area contributed by atoms with E-state index in [4.69, 9.17) is 4.74 Å². The molecule has 1 aliphatic rings. The van der Waals surface area contributed by atoms with Gasteiger partial charge in [-0.05, 0) is 25.0 Å². The van der Waals surface area contributed by atoms with Crippen LogP contribution in [0.25, 0.3) is 0 Å². The van der Waals surface area contributed by atoms with Gasteiger partial charge in [0.05, 0.1) is 6.10 Å². The molecule has 2 unspecified atom stereocenters. The first-order valence-corrected chi connectivity index (χ1v) is 6.07. The molecule has 1 aromatic rings. The van der Waals surface area contributed by atoms with Gasteiger partial charge < -0.3 is 9.84 Å². The summed E-state index contributed by atoms with van der Waals surface area (Å²) in [5.74, 6) is 1.35. The normalized spacial score (nSPS) is 25.8. The van der Waals surface area contributed by atoms with Crippen LogP contribution in [0.2, 0.25) is 0 Å². The Morgan fingerprint density at radius 1 is 1.50 bits per heavy atom. The summed E-state index contributed by atoms with van der Waals surface area (Å²) in [6, 6.07) is 6.03. The molecule has 2 rings (SSSR count). The lowest BCUT2D eigenvalue weighted by atomic mass is 9.90. The number of hydrogen-bond donors (Lipinski definition) is 1. The van der Waals surface area contributed by atoms with Gasteiger partial charge in [0.15, 0.2) is 0 Å². The smallest absolute Gasteiger partial charge is 0.125 e. The molecular formula is C14H20O2. The van der Waals surface area contributed by atoms with Crippen molar-refractivity contribution in [2.75, 3.05) is 0 Å². The highest BCUT2D eigenvalue weighted by molar-refractivity contribution is 5.40. The minimum atomic E-state index is -0.373. The molecule has 88 valence electrons. The van der Waals surface area contributed by atoms with E-state index in [-0.39, 0.29) is 12.2 Å². The fourth-order valence-corrected chi connectivity index (χ4v) is 2.21. The van der Waals surface area contributed by atoms with Crippen molar-refractivity contribution in [2.45, 2.75) is 45.8 Å². The predicted molar refractivity (Wildman–Crippen MR) is 64.6 cm³/mol. The Morgan fingerprint density at radius 2 is 2.25 bits per heavy atom. The Balaban J connectivity index is 2.26. The van der Waals surface area contributed by atoms with Crippen molar-refractivity contribution in [3.8, 4) is 5.75 Å². The van der Waals surface area contributed by atoms with Crippen molar-refractivity contribution < 1.29 is 9.84 Å². The van der Waals surface area contributed by atoms with Gasteiger partial charge in [0, 0.05) is 12.0 Å². The molecule has 0 spiro atoms. The maximum atomic E-state index is 10.1. The van der Waals surface area contributed by atoms with Crippen molar-refractivity contribution in [2.24, 2.45) is 5.92 Å². The van der Waals surface area contributed by atoms with E-state index >= 15 is 0 Å². The molecule has 1 heterocycles. The zero-order valence-electron chi connectivity index (χ0n) is 10.2. The molecule has 0 saturated carbocycles. The molecule has 2 heteroatoms. The minimum Gasteiger partial charge on any atom is -0.490 e.